The van der Waals surface area contributed by atoms with Crippen LogP contribution >= 0.6 is 0 Å². The summed E-state index contributed by atoms with van der Waals surface area (Å²) >= 11 is 0. The molecule has 0 fully saturated rings. The van der Waals surface area contributed by atoms with Crippen LogP contribution in [-0.2, 0) is 25.7 Å². The Kier molecular flexibility index (Phi) is 9.65. The molecule has 0 saturated carbocycles. The molecule has 0 unspecified atom stereocenters. The molecule has 0 aliphatic rings. The molecule has 0 aromatic heterocycles. The quantitative estimate of drug-likeness (QED) is 0.444. The lowest BCUT2D eigenvalue weighted by molar-refractivity contribution is -0.151. The van der Waals surface area contributed by atoms with Gasteiger partial charge in [-0.15, -0.1) is 0 Å². The number of benzene rings is 1. The van der Waals surface area contributed by atoms with Crippen LogP contribution in [0.25, 0.3) is 0 Å². The van der Waals surface area contributed by atoms with Crippen molar-refractivity contribution in [2.24, 2.45) is 0 Å². The highest BCUT2D eigenvalue weighted by molar-refractivity contribution is 5.77. The van der Waals surface area contributed by atoms with Crippen LogP contribution < -0.4 is 0 Å². The minimum atomic E-state index is -0.654. The van der Waals surface area contributed by atoms with E-state index < -0.39 is 23.6 Å². The molecule has 1 aromatic rings. The van der Waals surface area contributed by atoms with Gasteiger partial charge in [0.25, 0.3) is 0 Å². The zero-order valence-corrected chi connectivity index (χ0v) is 14.0. The summed E-state index contributed by atoms with van der Waals surface area (Å²) in [6, 6.07) is 2.92. The van der Waals surface area contributed by atoms with Crippen molar-refractivity contribution in [1.29, 1.82) is 0 Å². The maximum absolute atomic E-state index is 13.4. The van der Waals surface area contributed by atoms with Gasteiger partial charge in [-0.3, -0.25) is 9.59 Å². The molecule has 0 N–H and O–H groups in total. The van der Waals surface area contributed by atoms with Crippen molar-refractivity contribution in [1.82, 2.24) is 0 Å². The molecule has 6 heteroatoms. The monoisotopic (exact) mass is 342 g/mol. The fraction of sp³-hybridized carbons (Fsp3) is 0.556. The molecule has 24 heavy (non-hydrogen) atoms. The highest BCUT2D eigenvalue weighted by Gasteiger charge is 2.11. The molecule has 0 amide bonds. The molecule has 0 aliphatic carbocycles. The lowest BCUT2D eigenvalue weighted by Gasteiger charge is -2.07. The van der Waals surface area contributed by atoms with Gasteiger partial charge in [-0.05, 0) is 24.6 Å². The van der Waals surface area contributed by atoms with Crippen molar-refractivity contribution in [3.05, 3.63) is 35.4 Å². The Morgan fingerprint density at radius 3 is 2.33 bits per heavy atom. The van der Waals surface area contributed by atoms with Crippen molar-refractivity contribution in [3.63, 3.8) is 0 Å². The summed E-state index contributed by atoms with van der Waals surface area (Å²) in [6.07, 6.45) is 5.05. The average molecular weight is 342 g/mol. The summed E-state index contributed by atoms with van der Waals surface area (Å²) in [6.45, 7) is 2.11. The summed E-state index contributed by atoms with van der Waals surface area (Å²) in [5.74, 6) is -2.37. The number of esters is 2. The Bertz CT molecular complexity index is 532. The molecular weight excluding hydrogens is 318 g/mol. The Hall–Kier alpha value is -1.98. The Labute approximate surface area is 141 Å². The Morgan fingerprint density at radius 1 is 0.958 bits per heavy atom. The van der Waals surface area contributed by atoms with E-state index in [2.05, 4.69) is 6.92 Å². The smallest absolute Gasteiger partial charge is 0.306 e. The van der Waals surface area contributed by atoms with Crippen LogP contribution in [0.3, 0.4) is 0 Å². The van der Waals surface area contributed by atoms with Crippen molar-refractivity contribution in [3.8, 4) is 0 Å². The predicted molar refractivity (Wildman–Crippen MR) is 85.1 cm³/mol. The molecule has 0 aliphatic heterocycles. The topological polar surface area (TPSA) is 52.6 Å². The van der Waals surface area contributed by atoms with Crippen LogP contribution in [0.4, 0.5) is 8.78 Å². The molecule has 1 aromatic carbocycles. The number of hydrogen-bond donors (Lipinski definition) is 0. The van der Waals surface area contributed by atoms with Crippen molar-refractivity contribution in [2.75, 3.05) is 6.61 Å². The summed E-state index contributed by atoms with van der Waals surface area (Å²) in [5, 5.41) is 0. The van der Waals surface area contributed by atoms with Gasteiger partial charge in [-0.25, -0.2) is 8.78 Å². The summed E-state index contributed by atoms with van der Waals surface area (Å²) in [7, 11) is 0. The van der Waals surface area contributed by atoms with E-state index >= 15 is 0 Å². The van der Waals surface area contributed by atoms with Gasteiger partial charge in [0.15, 0.2) is 0 Å². The Morgan fingerprint density at radius 2 is 1.62 bits per heavy atom. The summed E-state index contributed by atoms with van der Waals surface area (Å²) in [5.41, 5.74) is -0.0435. The van der Waals surface area contributed by atoms with Crippen LogP contribution in [0.5, 0.6) is 0 Å². The third kappa shape index (κ3) is 8.60. The summed E-state index contributed by atoms with van der Waals surface area (Å²) < 4.78 is 36.2. The van der Waals surface area contributed by atoms with Gasteiger partial charge >= 0.3 is 11.9 Å². The van der Waals surface area contributed by atoms with Gasteiger partial charge in [0.2, 0.25) is 0 Å². The molecule has 0 heterocycles. The fourth-order valence-corrected chi connectivity index (χ4v) is 2.05. The number of carbonyl (C=O) groups is 2. The first-order valence-corrected chi connectivity index (χ1v) is 8.28. The molecule has 0 atom stereocenters. The second kappa shape index (κ2) is 11.5. The lowest BCUT2D eigenvalue weighted by Crippen LogP contribution is -2.11. The minimum absolute atomic E-state index is 0.0435. The van der Waals surface area contributed by atoms with Gasteiger partial charge in [0.1, 0.15) is 18.2 Å². The number of halogens is 2. The highest BCUT2D eigenvalue weighted by atomic mass is 19.1. The third-order valence-corrected chi connectivity index (χ3v) is 3.44. The maximum atomic E-state index is 13.4. The SMILES string of the molecule is CCCCCCCOC(=O)CCC(=O)OCc1cc(F)ccc1F. The van der Waals surface area contributed by atoms with E-state index in [1.165, 1.54) is 6.42 Å². The van der Waals surface area contributed by atoms with Crippen LogP contribution in [0.1, 0.15) is 57.4 Å². The number of rotatable bonds is 11. The van der Waals surface area contributed by atoms with Crippen molar-refractivity contribution in [2.45, 2.75) is 58.5 Å². The van der Waals surface area contributed by atoms with Gasteiger partial charge in [0.05, 0.1) is 19.4 Å². The van der Waals surface area contributed by atoms with E-state index in [4.69, 9.17) is 9.47 Å². The number of unbranched alkanes of at least 4 members (excludes halogenated alkanes) is 4. The average Bonchev–Trinajstić information content (AvgIpc) is 2.57. The Balaban J connectivity index is 2.14. The van der Waals surface area contributed by atoms with Crippen molar-refractivity contribution < 1.29 is 27.8 Å². The second-order valence-electron chi connectivity index (χ2n) is 5.53. The highest BCUT2D eigenvalue weighted by Crippen LogP contribution is 2.11. The first-order valence-electron chi connectivity index (χ1n) is 8.28. The molecule has 4 nitrogen and oxygen atoms in total. The molecule has 0 saturated heterocycles. The van der Waals surface area contributed by atoms with Gasteiger partial charge in [-0.2, -0.15) is 0 Å². The van der Waals surface area contributed by atoms with E-state index in [-0.39, 0.29) is 25.0 Å². The maximum Gasteiger partial charge on any atom is 0.306 e. The van der Waals surface area contributed by atoms with Crippen LogP contribution in [0.15, 0.2) is 18.2 Å². The van der Waals surface area contributed by atoms with Gasteiger partial charge < -0.3 is 9.47 Å². The van der Waals surface area contributed by atoms with Gasteiger partial charge in [-0.1, -0.05) is 32.6 Å². The van der Waals surface area contributed by atoms with Crippen LogP contribution in [0.2, 0.25) is 0 Å². The fourth-order valence-electron chi connectivity index (χ4n) is 2.05. The second-order valence-corrected chi connectivity index (χ2v) is 5.53. The van der Waals surface area contributed by atoms with E-state index in [1.807, 2.05) is 0 Å². The number of ether oxygens (including phenoxy) is 2. The zero-order chi connectivity index (χ0) is 17.8. The van der Waals surface area contributed by atoms with E-state index in [0.29, 0.717) is 6.61 Å². The standard InChI is InChI=1S/C18H24F2O4/c1-2-3-4-5-6-11-23-17(21)9-10-18(22)24-13-14-12-15(19)7-8-16(14)20/h7-8,12H,2-6,9-11,13H2,1H3. The van der Waals surface area contributed by atoms with E-state index in [9.17, 15) is 18.4 Å². The van der Waals surface area contributed by atoms with E-state index in [0.717, 1.165) is 43.9 Å². The van der Waals surface area contributed by atoms with Crippen LogP contribution in [-0.4, -0.2) is 18.5 Å². The molecule has 0 radical (unpaired) electrons. The first kappa shape index (κ1) is 20.1. The molecule has 0 bridgehead atoms. The third-order valence-electron chi connectivity index (χ3n) is 3.44. The van der Waals surface area contributed by atoms with Crippen molar-refractivity contribution >= 4 is 11.9 Å². The van der Waals surface area contributed by atoms with Gasteiger partial charge in [0, 0.05) is 5.56 Å². The molecule has 1 rings (SSSR count). The van der Waals surface area contributed by atoms with E-state index in [1.54, 1.807) is 0 Å². The normalized spacial score (nSPS) is 10.5. The first-order chi connectivity index (χ1) is 11.5. The minimum Gasteiger partial charge on any atom is -0.466 e. The molecular formula is C18H24F2O4. The number of hydrogen-bond acceptors (Lipinski definition) is 4. The molecule has 0 spiro atoms. The largest absolute Gasteiger partial charge is 0.466 e. The number of carbonyl (C=O) groups excluding carboxylic acids is 2. The van der Waals surface area contributed by atoms with Crippen LogP contribution in [0, 0.1) is 11.6 Å². The molecule has 134 valence electrons. The predicted octanol–water partition coefficient (Wildman–Crippen LogP) is 4.30. The lowest BCUT2D eigenvalue weighted by atomic mass is 10.2. The zero-order valence-electron chi connectivity index (χ0n) is 14.0. The summed E-state index contributed by atoms with van der Waals surface area (Å²) in [4.78, 5) is 23.0.